The molecule has 1 aromatic rings. The Bertz CT molecular complexity index is 579. The fourth-order valence-electron chi connectivity index (χ4n) is 4.10. The largest absolute Gasteiger partial charge is 0.373 e. The van der Waals surface area contributed by atoms with Crippen molar-refractivity contribution in [2.75, 3.05) is 19.6 Å². The number of nitrogens with zero attached hydrogens (tertiary/aromatic N) is 2. The number of ether oxygens (including phenoxy) is 1. The molecule has 2 heterocycles. The van der Waals surface area contributed by atoms with Crippen LogP contribution in [0.5, 0.6) is 0 Å². The van der Waals surface area contributed by atoms with Gasteiger partial charge in [0.25, 0.3) is 5.91 Å². The molecule has 3 rings (SSSR count). The van der Waals surface area contributed by atoms with Gasteiger partial charge in [-0.2, -0.15) is 0 Å². The van der Waals surface area contributed by atoms with Crippen molar-refractivity contribution in [1.82, 2.24) is 9.80 Å². The number of piperidine rings is 1. The lowest BCUT2D eigenvalue weighted by molar-refractivity contribution is -0.0704. The molecule has 4 atom stereocenters. The van der Waals surface area contributed by atoms with E-state index in [4.69, 9.17) is 10.5 Å². The van der Waals surface area contributed by atoms with Crippen molar-refractivity contribution < 1.29 is 9.53 Å². The maximum Gasteiger partial charge on any atom is 0.254 e. The molecule has 2 saturated heterocycles. The van der Waals surface area contributed by atoms with E-state index in [1.807, 2.05) is 17.0 Å². The van der Waals surface area contributed by atoms with Gasteiger partial charge in [0.15, 0.2) is 0 Å². The van der Waals surface area contributed by atoms with Crippen LogP contribution in [0.3, 0.4) is 0 Å². The van der Waals surface area contributed by atoms with Crippen molar-refractivity contribution in [3.05, 3.63) is 35.4 Å². The van der Waals surface area contributed by atoms with E-state index in [9.17, 15) is 4.79 Å². The third-order valence-corrected chi connectivity index (χ3v) is 5.28. The Hall–Kier alpha value is -1.43. The SMILES string of the molecule is CC1CN(Cc2ccc(C(=O)N3CCC(N)CC3C)cc2)CC(C)O1. The van der Waals surface area contributed by atoms with Gasteiger partial charge in [0.1, 0.15) is 0 Å². The molecule has 0 radical (unpaired) electrons. The van der Waals surface area contributed by atoms with Gasteiger partial charge in [-0.1, -0.05) is 12.1 Å². The first kappa shape index (κ1) is 18.4. The number of hydrogen-bond donors (Lipinski definition) is 1. The minimum absolute atomic E-state index is 0.125. The average Bonchev–Trinajstić information content (AvgIpc) is 2.54. The molecule has 0 bridgehead atoms. The van der Waals surface area contributed by atoms with E-state index in [0.717, 1.165) is 44.6 Å². The highest BCUT2D eigenvalue weighted by atomic mass is 16.5. The number of carbonyl (C=O) groups is 1. The van der Waals surface area contributed by atoms with Crippen LogP contribution in [0.25, 0.3) is 0 Å². The zero-order chi connectivity index (χ0) is 18.0. The number of benzene rings is 1. The highest BCUT2D eigenvalue weighted by Gasteiger charge is 2.28. The predicted octanol–water partition coefficient (Wildman–Crippen LogP) is 2.25. The molecule has 2 aliphatic rings. The second-order valence-corrected chi connectivity index (χ2v) is 7.78. The van der Waals surface area contributed by atoms with Crippen molar-refractivity contribution in [3.8, 4) is 0 Å². The van der Waals surface area contributed by atoms with Crippen LogP contribution >= 0.6 is 0 Å². The molecule has 138 valence electrons. The van der Waals surface area contributed by atoms with E-state index in [1.54, 1.807) is 0 Å². The highest BCUT2D eigenvalue weighted by molar-refractivity contribution is 5.94. The fraction of sp³-hybridized carbons (Fsp3) is 0.650. The Morgan fingerprint density at radius 3 is 2.40 bits per heavy atom. The quantitative estimate of drug-likeness (QED) is 0.913. The van der Waals surface area contributed by atoms with E-state index in [1.165, 1.54) is 5.56 Å². The molecule has 1 amide bonds. The van der Waals surface area contributed by atoms with Gasteiger partial charge in [0, 0.05) is 43.8 Å². The third-order valence-electron chi connectivity index (χ3n) is 5.28. The summed E-state index contributed by atoms with van der Waals surface area (Å²) in [7, 11) is 0. The summed E-state index contributed by atoms with van der Waals surface area (Å²) in [5.74, 6) is 0.125. The summed E-state index contributed by atoms with van der Waals surface area (Å²) in [5, 5.41) is 0. The lowest BCUT2D eigenvalue weighted by Gasteiger charge is -2.36. The molecule has 0 aromatic heterocycles. The van der Waals surface area contributed by atoms with Crippen molar-refractivity contribution in [1.29, 1.82) is 0 Å². The average molecular weight is 345 g/mol. The number of carbonyl (C=O) groups excluding carboxylic acids is 1. The van der Waals surface area contributed by atoms with E-state index in [-0.39, 0.29) is 30.2 Å². The molecule has 0 saturated carbocycles. The molecular weight excluding hydrogens is 314 g/mol. The van der Waals surface area contributed by atoms with Crippen LogP contribution in [-0.2, 0) is 11.3 Å². The van der Waals surface area contributed by atoms with Gasteiger partial charge in [-0.25, -0.2) is 0 Å². The summed E-state index contributed by atoms with van der Waals surface area (Å²) < 4.78 is 5.79. The van der Waals surface area contributed by atoms with Crippen molar-refractivity contribution in [2.24, 2.45) is 5.73 Å². The summed E-state index contributed by atoms with van der Waals surface area (Å²) in [4.78, 5) is 17.1. The maximum atomic E-state index is 12.8. The van der Waals surface area contributed by atoms with Crippen molar-refractivity contribution in [2.45, 2.75) is 64.4 Å². The Kier molecular flexibility index (Phi) is 5.77. The first-order valence-corrected chi connectivity index (χ1v) is 9.45. The number of morpholine rings is 1. The molecule has 5 nitrogen and oxygen atoms in total. The molecule has 1 aromatic carbocycles. The van der Waals surface area contributed by atoms with Gasteiger partial charge >= 0.3 is 0 Å². The molecule has 0 spiro atoms. The standard InChI is InChI=1S/C20H31N3O2/c1-14-10-19(21)8-9-23(14)20(24)18-6-4-17(5-7-18)13-22-11-15(2)25-16(3)12-22/h4-7,14-16,19H,8-13,21H2,1-3H3. The van der Waals surface area contributed by atoms with Crippen LogP contribution in [0.15, 0.2) is 24.3 Å². The first-order valence-electron chi connectivity index (χ1n) is 9.45. The maximum absolute atomic E-state index is 12.8. The predicted molar refractivity (Wildman–Crippen MR) is 99.4 cm³/mol. The third kappa shape index (κ3) is 4.60. The second kappa shape index (κ2) is 7.85. The number of likely N-dealkylation sites (tertiary alicyclic amines) is 1. The lowest BCUT2D eigenvalue weighted by atomic mass is 9.98. The normalized spacial score (nSPS) is 31.1. The number of hydrogen-bond acceptors (Lipinski definition) is 4. The van der Waals surface area contributed by atoms with Gasteiger partial charge in [-0.05, 0) is 51.3 Å². The van der Waals surface area contributed by atoms with E-state index in [2.05, 4.69) is 37.8 Å². The van der Waals surface area contributed by atoms with Crippen LogP contribution in [0.4, 0.5) is 0 Å². The van der Waals surface area contributed by atoms with Gasteiger partial charge in [-0.3, -0.25) is 9.69 Å². The summed E-state index contributed by atoms with van der Waals surface area (Å²) >= 11 is 0. The number of nitrogens with two attached hydrogens (primary N) is 1. The van der Waals surface area contributed by atoms with Crippen LogP contribution in [0, 0.1) is 0 Å². The number of amides is 1. The smallest absolute Gasteiger partial charge is 0.254 e. The van der Waals surface area contributed by atoms with E-state index in [0.29, 0.717) is 0 Å². The van der Waals surface area contributed by atoms with E-state index < -0.39 is 0 Å². The Labute approximate surface area is 151 Å². The summed E-state index contributed by atoms with van der Waals surface area (Å²) in [5.41, 5.74) is 8.02. The minimum atomic E-state index is 0.125. The zero-order valence-corrected chi connectivity index (χ0v) is 15.6. The van der Waals surface area contributed by atoms with Crippen LogP contribution in [0.2, 0.25) is 0 Å². The summed E-state index contributed by atoms with van der Waals surface area (Å²) in [6, 6.07) is 8.53. The van der Waals surface area contributed by atoms with Crippen LogP contribution in [0.1, 0.15) is 49.5 Å². The summed E-state index contributed by atoms with van der Waals surface area (Å²) in [6.45, 7) is 9.90. The van der Waals surface area contributed by atoms with Gasteiger partial charge in [0.2, 0.25) is 0 Å². The highest BCUT2D eigenvalue weighted by Crippen LogP contribution is 2.20. The molecular formula is C20H31N3O2. The Morgan fingerprint density at radius 2 is 1.80 bits per heavy atom. The van der Waals surface area contributed by atoms with Crippen molar-refractivity contribution in [3.63, 3.8) is 0 Å². The Morgan fingerprint density at radius 1 is 1.16 bits per heavy atom. The Balaban J connectivity index is 1.61. The molecule has 0 aliphatic carbocycles. The number of rotatable bonds is 3. The van der Waals surface area contributed by atoms with Crippen molar-refractivity contribution >= 4 is 5.91 Å². The lowest BCUT2D eigenvalue weighted by Crippen LogP contribution is -2.48. The van der Waals surface area contributed by atoms with Gasteiger partial charge < -0.3 is 15.4 Å². The molecule has 2 aliphatic heterocycles. The topological polar surface area (TPSA) is 58.8 Å². The molecule has 4 unspecified atom stereocenters. The second-order valence-electron chi connectivity index (χ2n) is 7.78. The molecule has 2 fully saturated rings. The van der Waals surface area contributed by atoms with Crippen LogP contribution < -0.4 is 5.73 Å². The minimum Gasteiger partial charge on any atom is -0.373 e. The molecule has 25 heavy (non-hydrogen) atoms. The zero-order valence-electron chi connectivity index (χ0n) is 15.6. The van der Waals surface area contributed by atoms with Gasteiger partial charge in [0.05, 0.1) is 12.2 Å². The first-order chi connectivity index (χ1) is 11.9. The monoisotopic (exact) mass is 345 g/mol. The molecule has 2 N–H and O–H groups in total. The van der Waals surface area contributed by atoms with E-state index >= 15 is 0 Å². The van der Waals surface area contributed by atoms with Gasteiger partial charge in [-0.15, -0.1) is 0 Å². The molecule has 5 heteroatoms. The van der Waals surface area contributed by atoms with Crippen LogP contribution in [-0.4, -0.2) is 59.6 Å². The fourth-order valence-corrected chi connectivity index (χ4v) is 4.10. The summed E-state index contributed by atoms with van der Waals surface area (Å²) in [6.07, 6.45) is 2.33.